The highest BCUT2D eigenvalue weighted by atomic mass is 32.2. The van der Waals surface area contributed by atoms with Gasteiger partial charge in [-0.1, -0.05) is 35.5 Å². The van der Waals surface area contributed by atoms with E-state index < -0.39 is 0 Å². The number of carbonyl (C=O) groups excluding carboxylic acids is 1. The molecule has 1 saturated heterocycles. The second-order valence-corrected chi connectivity index (χ2v) is 6.66. The zero-order valence-electron chi connectivity index (χ0n) is 13.0. The summed E-state index contributed by atoms with van der Waals surface area (Å²) in [5, 5.41) is 11.4. The number of hydrogen-bond acceptors (Lipinski definition) is 5. The fourth-order valence-electron chi connectivity index (χ4n) is 2.46. The first-order valence-electron chi connectivity index (χ1n) is 7.85. The molecule has 3 rings (SSSR count). The largest absolute Gasteiger partial charge is 0.336 e. The van der Waals surface area contributed by atoms with E-state index in [1.165, 1.54) is 5.56 Å². The Kier molecular flexibility index (Phi) is 5.65. The lowest BCUT2D eigenvalue weighted by Gasteiger charge is -2.25. The van der Waals surface area contributed by atoms with E-state index in [9.17, 15) is 4.79 Å². The number of aromatic nitrogens is 3. The molecule has 1 N–H and O–H groups in total. The van der Waals surface area contributed by atoms with Crippen molar-refractivity contribution in [1.29, 1.82) is 0 Å². The predicted molar refractivity (Wildman–Crippen MR) is 91.4 cm³/mol. The number of amides is 1. The van der Waals surface area contributed by atoms with Crippen molar-refractivity contribution in [2.45, 2.75) is 13.1 Å². The highest BCUT2D eigenvalue weighted by Crippen LogP contribution is 2.11. The summed E-state index contributed by atoms with van der Waals surface area (Å²) in [7, 11) is 0. The highest BCUT2D eigenvalue weighted by Gasteiger charge is 2.20. The Morgan fingerprint density at radius 1 is 1.22 bits per heavy atom. The summed E-state index contributed by atoms with van der Waals surface area (Å²) >= 11 is 1.88. The number of thioether (sulfide) groups is 1. The fraction of sp³-hybridized carbons (Fsp3) is 0.438. The van der Waals surface area contributed by atoms with Gasteiger partial charge in [-0.2, -0.15) is 11.8 Å². The molecule has 0 aliphatic carbocycles. The van der Waals surface area contributed by atoms with Crippen LogP contribution in [0, 0.1) is 0 Å². The Hall–Kier alpha value is -1.86. The smallest absolute Gasteiger partial charge is 0.276 e. The van der Waals surface area contributed by atoms with Crippen LogP contribution in [0.5, 0.6) is 0 Å². The molecule has 7 heteroatoms. The van der Waals surface area contributed by atoms with Gasteiger partial charge >= 0.3 is 0 Å². The van der Waals surface area contributed by atoms with Crippen LogP contribution in [0.25, 0.3) is 0 Å². The van der Waals surface area contributed by atoms with Crippen molar-refractivity contribution < 1.29 is 4.79 Å². The number of nitrogens with zero attached hydrogens (tertiary/aromatic N) is 4. The SMILES string of the molecule is O=C(c1cn(CCNCc2ccccc2)nn1)N1CCSCC1. The van der Waals surface area contributed by atoms with E-state index in [0.717, 1.165) is 37.7 Å². The summed E-state index contributed by atoms with van der Waals surface area (Å²) < 4.78 is 1.73. The monoisotopic (exact) mass is 331 g/mol. The number of nitrogens with one attached hydrogen (secondary N) is 1. The molecule has 1 aromatic carbocycles. The Morgan fingerprint density at radius 2 is 2.00 bits per heavy atom. The molecule has 2 heterocycles. The van der Waals surface area contributed by atoms with E-state index in [0.29, 0.717) is 12.2 Å². The third-order valence-corrected chi connectivity index (χ3v) is 4.69. The summed E-state index contributed by atoms with van der Waals surface area (Å²) in [6.45, 7) is 3.91. The van der Waals surface area contributed by atoms with Crippen molar-refractivity contribution in [1.82, 2.24) is 25.2 Å². The van der Waals surface area contributed by atoms with Crippen molar-refractivity contribution in [3.05, 3.63) is 47.8 Å². The number of carbonyl (C=O) groups is 1. The van der Waals surface area contributed by atoms with Gasteiger partial charge in [0, 0.05) is 37.7 Å². The molecule has 0 unspecified atom stereocenters. The summed E-state index contributed by atoms with van der Waals surface area (Å²) in [5.41, 5.74) is 1.70. The first-order valence-corrected chi connectivity index (χ1v) is 9.00. The Bertz CT molecular complexity index is 624. The summed E-state index contributed by atoms with van der Waals surface area (Å²) in [6.07, 6.45) is 1.74. The molecule has 6 nitrogen and oxygen atoms in total. The standard InChI is InChI=1S/C16H21N5OS/c22-16(20-8-10-23-11-9-20)15-13-21(19-18-15)7-6-17-12-14-4-2-1-3-5-14/h1-5,13,17H,6-12H2. The molecule has 0 bridgehead atoms. The van der Waals surface area contributed by atoms with E-state index in [1.54, 1.807) is 10.9 Å². The Balaban J connectivity index is 1.44. The quantitative estimate of drug-likeness (QED) is 0.808. The van der Waals surface area contributed by atoms with Crippen molar-refractivity contribution >= 4 is 17.7 Å². The summed E-state index contributed by atoms with van der Waals surface area (Å²) in [4.78, 5) is 14.2. The highest BCUT2D eigenvalue weighted by molar-refractivity contribution is 7.99. The van der Waals surface area contributed by atoms with Gasteiger partial charge in [-0.25, -0.2) is 0 Å². The molecule has 1 aliphatic rings. The van der Waals surface area contributed by atoms with Gasteiger partial charge in [-0.15, -0.1) is 5.10 Å². The van der Waals surface area contributed by atoms with Crippen LogP contribution in [-0.2, 0) is 13.1 Å². The third-order valence-electron chi connectivity index (χ3n) is 3.75. The predicted octanol–water partition coefficient (Wildman–Crippen LogP) is 1.26. The summed E-state index contributed by atoms with van der Waals surface area (Å²) in [5.74, 6) is 2.00. The molecule has 0 spiro atoms. The second kappa shape index (κ2) is 8.12. The van der Waals surface area contributed by atoms with Crippen LogP contribution in [-0.4, -0.2) is 56.9 Å². The molecule has 1 fully saturated rings. The normalized spacial score (nSPS) is 14.9. The summed E-state index contributed by atoms with van der Waals surface area (Å²) in [6, 6.07) is 10.3. The Morgan fingerprint density at radius 3 is 2.78 bits per heavy atom. The van der Waals surface area contributed by atoms with E-state index >= 15 is 0 Å². The van der Waals surface area contributed by atoms with E-state index in [2.05, 4.69) is 27.8 Å². The average molecular weight is 331 g/mol. The molecule has 23 heavy (non-hydrogen) atoms. The lowest BCUT2D eigenvalue weighted by atomic mass is 10.2. The van der Waals surface area contributed by atoms with Gasteiger partial charge in [0.1, 0.15) is 0 Å². The minimum Gasteiger partial charge on any atom is -0.336 e. The maximum absolute atomic E-state index is 12.3. The minimum absolute atomic E-state index is 0.00575. The first-order chi connectivity index (χ1) is 11.3. The number of hydrogen-bond donors (Lipinski definition) is 1. The van der Waals surface area contributed by atoms with Gasteiger partial charge in [0.15, 0.2) is 5.69 Å². The molecule has 0 radical (unpaired) electrons. The number of rotatable bonds is 6. The third kappa shape index (κ3) is 4.56. The molecule has 1 amide bonds. The topological polar surface area (TPSA) is 63.1 Å². The molecule has 122 valence electrons. The van der Waals surface area contributed by atoms with Crippen LogP contribution >= 0.6 is 11.8 Å². The van der Waals surface area contributed by atoms with Crippen LogP contribution in [0.15, 0.2) is 36.5 Å². The molecule has 1 aromatic heterocycles. The average Bonchev–Trinajstić information content (AvgIpc) is 3.09. The van der Waals surface area contributed by atoms with Gasteiger partial charge in [-0.05, 0) is 5.56 Å². The van der Waals surface area contributed by atoms with Gasteiger partial charge < -0.3 is 10.2 Å². The lowest BCUT2D eigenvalue weighted by molar-refractivity contribution is 0.0766. The van der Waals surface area contributed by atoms with Gasteiger partial charge in [0.25, 0.3) is 5.91 Å². The zero-order valence-corrected chi connectivity index (χ0v) is 13.8. The van der Waals surface area contributed by atoms with Crippen molar-refractivity contribution in [3.63, 3.8) is 0 Å². The van der Waals surface area contributed by atoms with Crippen molar-refractivity contribution in [3.8, 4) is 0 Å². The lowest BCUT2D eigenvalue weighted by Crippen LogP contribution is -2.38. The van der Waals surface area contributed by atoms with Crippen LogP contribution in [0.4, 0.5) is 0 Å². The van der Waals surface area contributed by atoms with Gasteiger partial charge in [0.2, 0.25) is 0 Å². The van der Waals surface area contributed by atoms with Crippen LogP contribution in [0.3, 0.4) is 0 Å². The molecule has 1 aliphatic heterocycles. The molecule has 0 atom stereocenters. The van der Waals surface area contributed by atoms with Gasteiger partial charge in [-0.3, -0.25) is 9.48 Å². The fourth-order valence-corrected chi connectivity index (χ4v) is 3.36. The zero-order chi connectivity index (χ0) is 15.9. The molecule has 0 saturated carbocycles. The molecule has 2 aromatic rings. The maximum atomic E-state index is 12.3. The van der Waals surface area contributed by atoms with Gasteiger partial charge in [0.05, 0.1) is 12.7 Å². The first kappa shape index (κ1) is 16.0. The number of benzene rings is 1. The van der Waals surface area contributed by atoms with Crippen LogP contribution < -0.4 is 5.32 Å². The minimum atomic E-state index is -0.00575. The van der Waals surface area contributed by atoms with E-state index in [-0.39, 0.29) is 5.91 Å². The maximum Gasteiger partial charge on any atom is 0.276 e. The van der Waals surface area contributed by atoms with E-state index in [4.69, 9.17) is 0 Å². The van der Waals surface area contributed by atoms with Crippen LogP contribution in [0.2, 0.25) is 0 Å². The molecular weight excluding hydrogens is 310 g/mol. The van der Waals surface area contributed by atoms with Crippen molar-refractivity contribution in [2.75, 3.05) is 31.1 Å². The Labute approximate surface area is 140 Å². The second-order valence-electron chi connectivity index (χ2n) is 5.43. The van der Waals surface area contributed by atoms with Crippen LogP contribution in [0.1, 0.15) is 16.1 Å². The molecular formula is C16H21N5OS. The van der Waals surface area contributed by atoms with Crippen molar-refractivity contribution in [2.24, 2.45) is 0 Å². The van der Waals surface area contributed by atoms with E-state index in [1.807, 2.05) is 34.9 Å².